The van der Waals surface area contributed by atoms with Gasteiger partial charge in [0, 0.05) is 25.4 Å². The lowest BCUT2D eigenvalue weighted by Crippen LogP contribution is -2.38. The van der Waals surface area contributed by atoms with Gasteiger partial charge in [-0.05, 0) is 43.5 Å². The van der Waals surface area contributed by atoms with Gasteiger partial charge in [0.1, 0.15) is 11.6 Å². The molecule has 0 spiro atoms. The van der Waals surface area contributed by atoms with E-state index in [4.69, 9.17) is 21.3 Å². The summed E-state index contributed by atoms with van der Waals surface area (Å²) in [5.74, 6) is 2.30. The van der Waals surface area contributed by atoms with Crippen LogP contribution in [0.4, 0.5) is 0 Å². The van der Waals surface area contributed by atoms with E-state index in [1.54, 1.807) is 6.07 Å². The summed E-state index contributed by atoms with van der Waals surface area (Å²) in [5, 5.41) is 0.599. The number of halogens is 1. The van der Waals surface area contributed by atoms with E-state index >= 15 is 0 Å². The minimum absolute atomic E-state index is 0.200. The van der Waals surface area contributed by atoms with Gasteiger partial charge >= 0.3 is 0 Å². The Morgan fingerprint density at radius 1 is 1.14 bits per heavy atom. The number of rotatable bonds is 6. The number of hydrogen-bond donors (Lipinski definition) is 1. The number of amides is 1. The van der Waals surface area contributed by atoms with Crippen molar-refractivity contribution in [1.82, 2.24) is 14.9 Å². The second kappa shape index (κ2) is 8.65. The Balaban J connectivity index is 1.22. The molecule has 146 valence electrons. The standard InChI is InChI=1S/C22H24ClN3O2/c23-17-6-1-4-9-20(17)28-15-5-10-21(27)26-13-11-16(12-14-26)22-24-18-7-2-3-8-19(18)25-22/h1-4,6-9,16H,5,10-15H2,(H,24,25). The minimum atomic E-state index is 0.200. The number of nitrogens with one attached hydrogen (secondary N) is 1. The maximum atomic E-state index is 12.5. The molecule has 6 heteroatoms. The molecule has 2 heterocycles. The molecule has 0 bridgehead atoms. The van der Waals surface area contributed by atoms with Gasteiger partial charge in [-0.2, -0.15) is 0 Å². The average molecular weight is 398 g/mol. The van der Waals surface area contributed by atoms with E-state index in [0.29, 0.717) is 36.1 Å². The first kappa shape index (κ1) is 18.8. The van der Waals surface area contributed by atoms with Crippen molar-refractivity contribution in [3.8, 4) is 5.75 Å². The van der Waals surface area contributed by atoms with Gasteiger partial charge in [-0.3, -0.25) is 4.79 Å². The molecule has 4 rings (SSSR count). The van der Waals surface area contributed by atoms with Crippen molar-refractivity contribution >= 4 is 28.5 Å². The number of carbonyl (C=O) groups excluding carboxylic acids is 1. The van der Waals surface area contributed by atoms with Gasteiger partial charge in [0.25, 0.3) is 0 Å². The van der Waals surface area contributed by atoms with Crippen LogP contribution in [0.15, 0.2) is 48.5 Å². The quantitative estimate of drug-likeness (QED) is 0.609. The number of aromatic amines is 1. The molecule has 2 aromatic carbocycles. The number of likely N-dealkylation sites (tertiary alicyclic amines) is 1. The minimum Gasteiger partial charge on any atom is -0.492 e. The molecule has 3 aromatic rings. The fourth-order valence-corrected chi connectivity index (χ4v) is 3.88. The largest absolute Gasteiger partial charge is 0.492 e. The van der Waals surface area contributed by atoms with Crippen LogP contribution < -0.4 is 4.74 Å². The highest BCUT2D eigenvalue weighted by atomic mass is 35.5. The summed E-state index contributed by atoms with van der Waals surface area (Å²) in [5.41, 5.74) is 2.09. The Hall–Kier alpha value is -2.53. The molecular weight excluding hydrogens is 374 g/mol. The van der Waals surface area contributed by atoms with Crippen LogP contribution in [0.2, 0.25) is 5.02 Å². The van der Waals surface area contributed by atoms with E-state index in [0.717, 1.165) is 42.8 Å². The summed E-state index contributed by atoms with van der Waals surface area (Å²) in [6.07, 6.45) is 3.08. The third kappa shape index (κ3) is 4.30. The summed E-state index contributed by atoms with van der Waals surface area (Å²) < 4.78 is 5.66. The first-order valence-corrected chi connectivity index (χ1v) is 10.2. The molecular formula is C22H24ClN3O2. The smallest absolute Gasteiger partial charge is 0.222 e. The first-order valence-electron chi connectivity index (χ1n) is 9.80. The first-order chi connectivity index (χ1) is 13.7. The number of imidazole rings is 1. The Morgan fingerprint density at radius 3 is 2.68 bits per heavy atom. The van der Waals surface area contributed by atoms with Gasteiger partial charge in [-0.15, -0.1) is 0 Å². The van der Waals surface area contributed by atoms with E-state index in [9.17, 15) is 4.79 Å². The number of benzene rings is 2. The Bertz CT molecular complexity index is 915. The van der Waals surface area contributed by atoms with E-state index in [1.807, 2.05) is 41.3 Å². The zero-order chi connectivity index (χ0) is 19.3. The lowest BCUT2D eigenvalue weighted by molar-refractivity contribution is -0.132. The number of fused-ring (bicyclic) bond motifs is 1. The van der Waals surface area contributed by atoms with Crippen LogP contribution in [0.5, 0.6) is 5.75 Å². The fourth-order valence-electron chi connectivity index (χ4n) is 3.69. The molecule has 1 N–H and O–H groups in total. The summed E-state index contributed by atoms with van der Waals surface area (Å²) in [7, 11) is 0. The Kier molecular flexibility index (Phi) is 5.81. The van der Waals surface area contributed by atoms with Gasteiger partial charge in [-0.25, -0.2) is 4.98 Å². The van der Waals surface area contributed by atoms with Crippen molar-refractivity contribution in [2.75, 3.05) is 19.7 Å². The zero-order valence-electron chi connectivity index (χ0n) is 15.7. The molecule has 1 aliphatic rings. The van der Waals surface area contributed by atoms with Gasteiger partial charge in [0.05, 0.1) is 22.7 Å². The molecule has 28 heavy (non-hydrogen) atoms. The second-order valence-electron chi connectivity index (χ2n) is 7.18. The molecule has 1 amide bonds. The number of hydrogen-bond acceptors (Lipinski definition) is 3. The topological polar surface area (TPSA) is 58.2 Å². The van der Waals surface area contributed by atoms with Crippen molar-refractivity contribution in [1.29, 1.82) is 0 Å². The second-order valence-corrected chi connectivity index (χ2v) is 7.58. The monoisotopic (exact) mass is 397 g/mol. The number of H-pyrrole nitrogens is 1. The number of para-hydroxylation sites is 3. The number of nitrogens with zero attached hydrogens (tertiary/aromatic N) is 2. The van der Waals surface area contributed by atoms with E-state index in [-0.39, 0.29) is 5.91 Å². The highest BCUT2D eigenvalue weighted by Gasteiger charge is 2.25. The number of carbonyl (C=O) groups is 1. The van der Waals surface area contributed by atoms with Crippen LogP contribution in [0.25, 0.3) is 11.0 Å². The molecule has 0 aliphatic carbocycles. The Morgan fingerprint density at radius 2 is 1.89 bits per heavy atom. The summed E-state index contributed by atoms with van der Waals surface area (Å²) in [6.45, 7) is 2.06. The van der Waals surface area contributed by atoms with Crippen LogP contribution in [0, 0.1) is 0 Å². The predicted octanol–water partition coefficient (Wildman–Crippen LogP) is 4.78. The van der Waals surface area contributed by atoms with E-state index in [2.05, 4.69) is 11.1 Å². The van der Waals surface area contributed by atoms with Crippen molar-refractivity contribution in [2.24, 2.45) is 0 Å². The summed E-state index contributed by atoms with van der Waals surface area (Å²) >= 11 is 6.07. The predicted molar refractivity (Wildman–Crippen MR) is 111 cm³/mol. The lowest BCUT2D eigenvalue weighted by atomic mass is 9.96. The molecule has 1 saturated heterocycles. The molecule has 1 aromatic heterocycles. The van der Waals surface area contributed by atoms with Gasteiger partial charge < -0.3 is 14.6 Å². The number of aromatic nitrogens is 2. The fraction of sp³-hybridized carbons (Fsp3) is 0.364. The van der Waals surface area contributed by atoms with Crippen molar-refractivity contribution < 1.29 is 9.53 Å². The molecule has 1 fully saturated rings. The maximum Gasteiger partial charge on any atom is 0.222 e. The van der Waals surface area contributed by atoms with Crippen molar-refractivity contribution in [3.05, 3.63) is 59.4 Å². The SMILES string of the molecule is O=C(CCCOc1ccccc1Cl)N1CCC(c2nc3ccccc3[nH]2)CC1. The molecule has 0 atom stereocenters. The summed E-state index contributed by atoms with van der Waals surface area (Å²) in [4.78, 5) is 22.6. The lowest BCUT2D eigenvalue weighted by Gasteiger charge is -2.31. The highest BCUT2D eigenvalue weighted by molar-refractivity contribution is 6.32. The average Bonchev–Trinajstić information content (AvgIpc) is 3.17. The third-order valence-electron chi connectivity index (χ3n) is 5.27. The van der Waals surface area contributed by atoms with Crippen LogP contribution >= 0.6 is 11.6 Å². The number of ether oxygens (including phenoxy) is 1. The molecule has 5 nitrogen and oxygen atoms in total. The van der Waals surface area contributed by atoms with E-state index < -0.39 is 0 Å². The molecule has 1 aliphatic heterocycles. The number of piperidine rings is 1. The maximum absolute atomic E-state index is 12.5. The van der Waals surface area contributed by atoms with Crippen molar-refractivity contribution in [2.45, 2.75) is 31.6 Å². The normalized spacial score (nSPS) is 15.1. The van der Waals surface area contributed by atoms with Gasteiger partial charge in [0.2, 0.25) is 5.91 Å². The molecule has 0 radical (unpaired) electrons. The highest BCUT2D eigenvalue weighted by Crippen LogP contribution is 2.28. The Labute approximate surface area is 169 Å². The van der Waals surface area contributed by atoms with Crippen LogP contribution in [-0.4, -0.2) is 40.5 Å². The van der Waals surface area contributed by atoms with Crippen LogP contribution in [0.3, 0.4) is 0 Å². The van der Waals surface area contributed by atoms with E-state index in [1.165, 1.54) is 0 Å². The van der Waals surface area contributed by atoms with Gasteiger partial charge in [0.15, 0.2) is 0 Å². The van der Waals surface area contributed by atoms with Crippen LogP contribution in [0.1, 0.15) is 37.4 Å². The summed E-state index contributed by atoms with van der Waals surface area (Å²) in [6, 6.07) is 15.5. The zero-order valence-corrected chi connectivity index (χ0v) is 16.5. The van der Waals surface area contributed by atoms with Gasteiger partial charge in [-0.1, -0.05) is 35.9 Å². The molecule has 0 saturated carbocycles. The third-order valence-corrected chi connectivity index (χ3v) is 5.58. The van der Waals surface area contributed by atoms with Crippen molar-refractivity contribution in [3.63, 3.8) is 0 Å². The molecule has 0 unspecified atom stereocenters. The van der Waals surface area contributed by atoms with Crippen LogP contribution in [-0.2, 0) is 4.79 Å².